The quantitative estimate of drug-likeness (QED) is 0.681. The van der Waals surface area contributed by atoms with Crippen LogP contribution in [-0.2, 0) is 10.1 Å². The first-order valence-electron chi connectivity index (χ1n) is 4.41. The van der Waals surface area contributed by atoms with E-state index >= 15 is 0 Å². The predicted molar refractivity (Wildman–Crippen MR) is 56.6 cm³/mol. The van der Waals surface area contributed by atoms with Crippen LogP contribution in [0.25, 0.3) is 0 Å². The molecule has 0 aliphatic carbocycles. The third kappa shape index (κ3) is 3.25. The minimum atomic E-state index is -5.02. The molecule has 0 fully saturated rings. The molecule has 18 heavy (non-hydrogen) atoms. The molecule has 0 saturated carbocycles. The second-order valence-corrected chi connectivity index (χ2v) is 3.53. The maximum atomic E-state index is 12.2. The maximum Gasteiger partial charge on any atom is 0.573 e. The van der Waals surface area contributed by atoms with Gasteiger partial charge in [0, 0.05) is 5.33 Å². The topological polar surface area (TPSA) is 68.7 Å². The van der Waals surface area contributed by atoms with Crippen molar-refractivity contribution in [2.24, 2.45) is 0 Å². The largest absolute Gasteiger partial charge is 0.573 e. The molecule has 0 atom stereocenters. The molecule has 1 aromatic heterocycles. The summed E-state index contributed by atoms with van der Waals surface area (Å²) < 4.78 is 44.7. The lowest BCUT2D eigenvalue weighted by atomic mass is 10.2. The first-order valence-corrected chi connectivity index (χ1v) is 5.53. The lowest BCUT2D eigenvalue weighted by molar-refractivity contribution is -0.275. The maximum absolute atomic E-state index is 12.2. The van der Waals surface area contributed by atoms with Crippen LogP contribution >= 0.6 is 15.9 Å². The number of methoxy groups -OCH3 is 1. The minimum absolute atomic E-state index is 0.0946. The van der Waals surface area contributed by atoms with E-state index in [0.29, 0.717) is 0 Å². The highest BCUT2D eigenvalue weighted by Gasteiger charge is 2.36. The highest BCUT2D eigenvalue weighted by molar-refractivity contribution is 9.08. The van der Waals surface area contributed by atoms with Gasteiger partial charge >= 0.3 is 12.3 Å². The fraction of sp³-hybridized carbons (Fsp3) is 0.333. The summed E-state index contributed by atoms with van der Waals surface area (Å²) in [7, 11) is 0.966. The van der Waals surface area contributed by atoms with Gasteiger partial charge in [-0.25, -0.2) is 4.79 Å². The van der Waals surface area contributed by atoms with Gasteiger partial charge in [0.05, 0.1) is 19.0 Å². The van der Waals surface area contributed by atoms with Crippen molar-refractivity contribution < 1.29 is 32.5 Å². The second kappa shape index (κ2) is 5.42. The molecule has 1 rings (SSSR count). The molecular formula is C9H7BrF3NO4. The first-order chi connectivity index (χ1) is 8.30. The Morgan fingerprint density at radius 3 is 2.61 bits per heavy atom. The van der Waals surface area contributed by atoms with E-state index in [9.17, 15) is 23.1 Å². The number of aromatic hydroxyl groups is 1. The van der Waals surface area contributed by atoms with Crippen LogP contribution in [0.2, 0.25) is 0 Å². The Morgan fingerprint density at radius 2 is 2.17 bits per heavy atom. The van der Waals surface area contributed by atoms with E-state index in [2.05, 4.69) is 30.4 Å². The molecule has 0 saturated heterocycles. The molecule has 0 aliphatic heterocycles. The number of carbonyl (C=O) groups is 1. The highest BCUT2D eigenvalue weighted by Crippen LogP contribution is 2.35. The van der Waals surface area contributed by atoms with Gasteiger partial charge in [0.25, 0.3) is 0 Å². The summed E-state index contributed by atoms with van der Waals surface area (Å²) in [6.07, 6.45) is -4.18. The van der Waals surface area contributed by atoms with Crippen LogP contribution in [0.3, 0.4) is 0 Å². The predicted octanol–water partition coefficient (Wildman–Crippen LogP) is 2.37. The Bertz CT molecular complexity index is 464. The Labute approximate surface area is 108 Å². The number of alkyl halides is 4. The number of pyridine rings is 1. The molecule has 9 heteroatoms. The van der Waals surface area contributed by atoms with E-state index in [1.54, 1.807) is 0 Å². The number of ether oxygens (including phenoxy) is 2. The zero-order chi connectivity index (χ0) is 13.9. The molecular weight excluding hydrogens is 323 g/mol. The first kappa shape index (κ1) is 14.6. The van der Waals surface area contributed by atoms with Crippen molar-refractivity contribution in [2.45, 2.75) is 11.7 Å². The zero-order valence-corrected chi connectivity index (χ0v) is 10.5. The fourth-order valence-corrected chi connectivity index (χ4v) is 1.54. The molecule has 0 spiro atoms. The van der Waals surface area contributed by atoms with Crippen molar-refractivity contribution in [3.63, 3.8) is 0 Å². The van der Waals surface area contributed by atoms with E-state index < -0.39 is 29.4 Å². The summed E-state index contributed by atoms with van der Waals surface area (Å²) in [4.78, 5) is 14.9. The fourth-order valence-electron chi connectivity index (χ4n) is 1.14. The molecule has 0 radical (unpaired) electrons. The second-order valence-electron chi connectivity index (χ2n) is 2.97. The van der Waals surface area contributed by atoms with Crippen LogP contribution in [0.1, 0.15) is 16.1 Å². The number of hydrogen-bond donors (Lipinski definition) is 1. The van der Waals surface area contributed by atoms with Crippen LogP contribution in [0.15, 0.2) is 6.20 Å². The lowest BCUT2D eigenvalue weighted by Gasteiger charge is -2.15. The van der Waals surface area contributed by atoms with Gasteiger partial charge in [0.2, 0.25) is 0 Å². The number of hydrogen-bond acceptors (Lipinski definition) is 5. The van der Waals surface area contributed by atoms with Crippen molar-refractivity contribution in [2.75, 3.05) is 7.11 Å². The van der Waals surface area contributed by atoms with Crippen molar-refractivity contribution in [1.82, 2.24) is 4.98 Å². The Kier molecular flexibility index (Phi) is 4.38. The van der Waals surface area contributed by atoms with Gasteiger partial charge in [-0.1, -0.05) is 15.9 Å². The minimum Gasteiger partial charge on any atom is -0.505 e. The number of rotatable bonds is 3. The van der Waals surface area contributed by atoms with Gasteiger partial charge in [0.1, 0.15) is 5.56 Å². The molecule has 0 unspecified atom stereocenters. The normalized spacial score (nSPS) is 11.2. The average molecular weight is 330 g/mol. The molecule has 1 aromatic rings. The van der Waals surface area contributed by atoms with E-state index in [1.807, 2.05) is 0 Å². The Hall–Kier alpha value is -1.51. The molecule has 100 valence electrons. The third-order valence-electron chi connectivity index (χ3n) is 1.82. The Balaban J connectivity index is 3.41. The molecule has 5 nitrogen and oxygen atoms in total. The summed E-state index contributed by atoms with van der Waals surface area (Å²) >= 11 is 2.90. The Morgan fingerprint density at radius 1 is 1.56 bits per heavy atom. The molecule has 1 N–H and O–H groups in total. The van der Waals surface area contributed by atoms with Crippen molar-refractivity contribution in [3.05, 3.63) is 17.5 Å². The smallest absolute Gasteiger partial charge is 0.505 e. The number of esters is 1. The SMILES string of the molecule is COC(=O)c1c(O)cnc(CBr)c1OC(F)(F)F. The monoisotopic (exact) mass is 329 g/mol. The number of halogens is 4. The van der Waals surface area contributed by atoms with E-state index in [1.165, 1.54) is 0 Å². The van der Waals surface area contributed by atoms with Crippen LogP contribution in [-0.4, -0.2) is 29.5 Å². The number of carbonyl (C=O) groups excluding carboxylic acids is 1. The van der Waals surface area contributed by atoms with Crippen LogP contribution < -0.4 is 4.74 Å². The summed E-state index contributed by atoms with van der Waals surface area (Å²) in [5, 5.41) is 9.29. The van der Waals surface area contributed by atoms with Gasteiger partial charge in [-0.3, -0.25) is 4.98 Å². The standard InChI is InChI=1S/C9H7BrF3NO4/c1-17-8(16)6-5(15)3-14-4(2-10)7(6)18-9(11,12)13/h3,15H,2H2,1H3. The molecule has 1 heterocycles. The van der Waals surface area contributed by atoms with Gasteiger partial charge in [0.15, 0.2) is 11.5 Å². The summed E-state index contributed by atoms with van der Waals surface area (Å²) in [6, 6.07) is 0. The third-order valence-corrected chi connectivity index (χ3v) is 2.35. The van der Waals surface area contributed by atoms with E-state index in [0.717, 1.165) is 13.3 Å². The van der Waals surface area contributed by atoms with Crippen LogP contribution in [0.4, 0.5) is 13.2 Å². The number of aromatic nitrogens is 1. The van der Waals surface area contributed by atoms with Crippen molar-refractivity contribution in [1.29, 1.82) is 0 Å². The van der Waals surface area contributed by atoms with Crippen LogP contribution in [0, 0.1) is 0 Å². The summed E-state index contributed by atoms with van der Waals surface area (Å²) in [6.45, 7) is 0. The van der Waals surface area contributed by atoms with E-state index in [4.69, 9.17) is 0 Å². The molecule has 0 amide bonds. The number of nitrogens with zero attached hydrogens (tertiary/aromatic N) is 1. The van der Waals surface area contributed by atoms with Gasteiger partial charge < -0.3 is 14.6 Å². The summed E-state index contributed by atoms with van der Waals surface area (Å²) in [5.41, 5.74) is -0.912. The molecule has 0 aliphatic rings. The highest BCUT2D eigenvalue weighted by atomic mass is 79.9. The van der Waals surface area contributed by atoms with Crippen molar-refractivity contribution in [3.8, 4) is 11.5 Å². The van der Waals surface area contributed by atoms with Gasteiger partial charge in [-0.15, -0.1) is 13.2 Å². The molecule has 0 aromatic carbocycles. The van der Waals surface area contributed by atoms with Crippen molar-refractivity contribution >= 4 is 21.9 Å². The van der Waals surface area contributed by atoms with Gasteiger partial charge in [-0.2, -0.15) is 0 Å². The lowest BCUT2D eigenvalue weighted by Crippen LogP contribution is -2.21. The average Bonchev–Trinajstić information content (AvgIpc) is 2.27. The van der Waals surface area contributed by atoms with E-state index in [-0.39, 0.29) is 11.0 Å². The van der Waals surface area contributed by atoms with Crippen LogP contribution in [0.5, 0.6) is 11.5 Å². The molecule has 0 bridgehead atoms. The van der Waals surface area contributed by atoms with Gasteiger partial charge in [-0.05, 0) is 0 Å². The summed E-state index contributed by atoms with van der Waals surface area (Å²) in [5.74, 6) is -2.80. The zero-order valence-electron chi connectivity index (χ0n) is 8.92.